The van der Waals surface area contributed by atoms with Gasteiger partial charge in [0.2, 0.25) is 0 Å². The molecule has 0 saturated carbocycles. The summed E-state index contributed by atoms with van der Waals surface area (Å²) in [6, 6.07) is 14.2. The molecule has 0 amide bonds. The lowest BCUT2D eigenvalue weighted by molar-refractivity contribution is 0.565. The minimum Gasteiger partial charge on any atom is -0.207 e. The van der Waals surface area contributed by atoms with Crippen LogP contribution in [-0.2, 0) is 0 Å². The van der Waals surface area contributed by atoms with E-state index in [4.69, 9.17) is 0 Å². The Morgan fingerprint density at radius 2 is 1.35 bits per heavy atom. The van der Waals surface area contributed by atoms with Gasteiger partial charge in [0.05, 0.1) is 0 Å². The Labute approximate surface area is 120 Å². The molecule has 0 unspecified atom stereocenters. The number of benzene rings is 2. The van der Waals surface area contributed by atoms with Crippen LogP contribution in [-0.4, -0.2) is 0 Å². The monoisotopic (exact) mass is 276 g/mol. The van der Waals surface area contributed by atoms with Gasteiger partial charge < -0.3 is 0 Å². The third kappa shape index (κ3) is 5.12. The molecule has 0 saturated heterocycles. The number of rotatable bonds is 2. The predicted octanol–water partition coefficient (Wildman–Crippen LogP) is 5.90. The quantitative estimate of drug-likeness (QED) is 0.640. The van der Waals surface area contributed by atoms with Crippen molar-refractivity contribution in [3.63, 3.8) is 0 Å². The molecule has 0 aliphatic carbocycles. The molecule has 2 heteroatoms. The van der Waals surface area contributed by atoms with Crippen molar-refractivity contribution in [3.05, 3.63) is 71.3 Å². The molecule has 0 aromatic heterocycles. The molecule has 0 heterocycles. The molecule has 0 aliphatic heterocycles. The Balaban J connectivity index is 0.000000204. The van der Waals surface area contributed by atoms with Crippen molar-refractivity contribution in [3.8, 4) is 0 Å². The Morgan fingerprint density at radius 3 is 1.75 bits per heavy atom. The minimum absolute atomic E-state index is 0.107. The summed E-state index contributed by atoms with van der Waals surface area (Å²) in [6.07, 6.45) is 0. The Kier molecular flexibility index (Phi) is 6.37. The van der Waals surface area contributed by atoms with Crippen LogP contribution in [0.1, 0.15) is 50.7 Å². The first kappa shape index (κ1) is 16.4. The van der Waals surface area contributed by atoms with Gasteiger partial charge in [-0.3, -0.25) is 0 Å². The average Bonchev–Trinajstić information content (AvgIpc) is 2.40. The first-order valence-corrected chi connectivity index (χ1v) is 6.91. The van der Waals surface area contributed by atoms with Crippen LogP contribution in [0, 0.1) is 11.6 Å². The van der Waals surface area contributed by atoms with Gasteiger partial charge in [-0.05, 0) is 29.0 Å². The van der Waals surface area contributed by atoms with Crippen molar-refractivity contribution in [2.45, 2.75) is 39.5 Å². The zero-order chi connectivity index (χ0) is 15.1. The highest BCUT2D eigenvalue weighted by Gasteiger charge is 2.06. The molecule has 2 rings (SSSR count). The summed E-state index contributed by atoms with van der Waals surface area (Å²) in [5, 5.41) is 0. The number of hydrogen-bond acceptors (Lipinski definition) is 0. The molecular weight excluding hydrogens is 254 g/mol. The molecule has 20 heavy (non-hydrogen) atoms. The van der Waals surface area contributed by atoms with E-state index in [9.17, 15) is 8.78 Å². The standard InChI is InChI=1S/C9H10F2.C9H12/c1-6(2)8-4-3-7(10)5-9(8)11;1-8(2)9-6-4-3-5-7-9/h3-6H,1-2H3;3-8H,1-2H3. The van der Waals surface area contributed by atoms with Gasteiger partial charge in [0.15, 0.2) is 0 Å². The molecule has 0 atom stereocenters. The third-order valence-electron chi connectivity index (χ3n) is 3.05. The highest BCUT2D eigenvalue weighted by Crippen LogP contribution is 2.18. The largest absolute Gasteiger partial charge is 0.207 e. The molecule has 0 spiro atoms. The van der Waals surface area contributed by atoms with E-state index in [0.29, 0.717) is 11.5 Å². The second-order valence-electron chi connectivity index (χ2n) is 5.39. The van der Waals surface area contributed by atoms with Crippen LogP contribution in [0.5, 0.6) is 0 Å². The second kappa shape index (κ2) is 7.78. The van der Waals surface area contributed by atoms with E-state index in [1.165, 1.54) is 17.7 Å². The lowest BCUT2D eigenvalue weighted by Crippen LogP contribution is -1.92. The summed E-state index contributed by atoms with van der Waals surface area (Å²) >= 11 is 0. The van der Waals surface area contributed by atoms with Crippen molar-refractivity contribution in [2.24, 2.45) is 0 Å². The first-order chi connectivity index (χ1) is 9.41. The summed E-state index contributed by atoms with van der Waals surface area (Å²) < 4.78 is 25.2. The van der Waals surface area contributed by atoms with Crippen LogP contribution in [0.4, 0.5) is 8.78 Å². The van der Waals surface area contributed by atoms with Crippen molar-refractivity contribution in [2.75, 3.05) is 0 Å². The maximum Gasteiger partial charge on any atom is 0.129 e. The first-order valence-electron chi connectivity index (χ1n) is 6.91. The lowest BCUT2D eigenvalue weighted by atomic mass is 10.0. The zero-order valence-corrected chi connectivity index (χ0v) is 12.5. The summed E-state index contributed by atoms with van der Waals surface area (Å²) in [4.78, 5) is 0. The maximum atomic E-state index is 12.9. The van der Waals surface area contributed by atoms with E-state index in [0.717, 1.165) is 6.07 Å². The van der Waals surface area contributed by atoms with E-state index in [1.807, 2.05) is 19.9 Å². The minimum atomic E-state index is -0.521. The molecule has 0 radical (unpaired) electrons. The second-order valence-corrected chi connectivity index (χ2v) is 5.39. The molecular formula is C18H22F2. The predicted molar refractivity (Wildman–Crippen MR) is 81.0 cm³/mol. The van der Waals surface area contributed by atoms with Gasteiger partial charge in [0.1, 0.15) is 11.6 Å². The van der Waals surface area contributed by atoms with Crippen LogP contribution in [0.25, 0.3) is 0 Å². The highest BCUT2D eigenvalue weighted by atomic mass is 19.1. The number of halogens is 2. The van der Waals surface area contributed by atoms with E-state index in [2.05, 4.69) is 38.1 Å². The van der Waals surface area contributed by atoms with Crippen molar-refractivity contribution < 1.29 is 8.78 Å². The molecule has 108 valence electrons. The van der Waals surface area contributed by atoms with Gasteiger partial charge in [-0.25, -0.2) is 8.78 Å². The summed E-state index contributed by atoms with van der Waals surface area (Å²) in [6.45, 7) is 8.15. The molecule has 2 aromatic carbocycles. The highest BCUT2D eigenvalue weighted by molar-refractivity contribution is 5.21. The third-order valence-corrected chi connectivity index (χ3v) is 3.05. The fourth-order valence-electron chi connectivity index (χ4n) is 1.81. The van der Waals surface area contributed by atoms with Gasteiger partial charge in [0.25, 0.3) is 0 Å². The zero-order valence-electron chi connectivity index (χ0n) is 12.5. The van der Waals surface area contributed by atoms with Gasteiger partial charge in [-0.1, -0.05) is 64.1 Å². The van der Waals surface area contributed by atoms with E-state index in [1.54, 1.807) is 0 Å². The van der Waals surface area contributed by atoms with Gasteiger partial charge in [-0.2, -0.15) is 0 Å². The molecule has 0 aliphatic rings. The molecule has 2 aromatic rings. The Morgan fingerprint density at radius 1 is 0.750 bits per heavy atom. The van der Waals surface area contributed by atoms with Crippen LogP contribution >= 0.6 is 0 Å². The van der Waals surface area contributed by atoms with Crippen molar-refractivity contribution in [1.82, 2.24) is 0 Å². The fraction of sp³-hybridized carbons (Fsp3) is 0.333. The SMILES string of the molecule is CC(C)c1ccc(F)cc1F.CC(C)c1ccccc1. The van der Waals surface area contributed by atoms with Gasteiger partial charge in [0, 0.05) is 6.07 Å². The maximum absolute atomic E-state index is 12.9. The molecule has 0 nitrogen and oxygen atoms in total. The van der Waals surface area contributed by atoms with Gasteiger partial charge >= 0.3 is 0 Å². The summed E-state index contributed by atoms with van der Waals surface area (Å²) in [7, 11) is 0. The van der Waals surface area contributed by atoms with Crippen LogP contribution in [0.15, 0.2) is 48.5 Å². The molecule has 0 bridgehead atoms. The lowest BCUT2D eigenvalue weighted by Gasteiger charge is -2.05. The Hall–Kier alpha value is -1.70. The topological polar surface area (TPSA) is 0 Å². The summed E-state index contributed by atoms with van der Waals surface area (Å²) in [5.74, 6) is -0.214. The van der Waals surface area contributed by atoms with E-state index in [-0.39, 0.29) is 5.92 Å². The fourth-order valence-corrected chi connectivity index (χ4v) is 1.81. The van der Waals surface area contributed by atoms with E-state index >= 15 is 0 Å². The van der Waals surface area contributed by atoms with E-state index < -0.39 is 11.6 Å². The van der Waals surface area contributed by atoms with Crippen LogP contribution < -0.4 is 0 Å². The molecule has 0 fully saturated rings. The van der Waals surface area contributed by atoms with Crippen LogP contribution in [0.2, 0.25) is 0 Å². The van der Waals surface area contributed by atoms with Gasteiger partial charge in [-0.15, -0.1) is 0 Å². The Bertz CT molecular complexity index is 516. The summed E-state index contributed by atoms with van der Waals surface area (Å²) in [5.41, 5.74) is 1.98. The van der Waals surface area contributed by atoms with Crippen molar-refractivity contribution in [1.29, 1.82) is 0 Å². The number of hydrogen-bond donors (Lipinski definition) is 0. The van der Waals surface area contributed by atoms with Crippen molar-refractivity contribution >= 4 is 0 Å². The smallest absolute Gasteiger partial charge is 0.129 e. The average molecular weight is 276 g/mol. The normalized spacial score (nSPS) is 10.4. The molecule has 0 N–H and O–H groups in total. The van der Waals surface area contributed by atoms with Crippen LogP contribution in [0.3, 0.4) is 0 Å².